The third-order valence-electron chi connectivity index (χ3n) is 3.23. The van der Waals surface area contributed by atoms with Gasteiger partial charge in [-0.25, -0.2) is 0 Å². The number of rotatable bonds is 6. The molecule has 0 aliphatic rings. The van der Waals surface area contributed by atoms with E-state index in [-0.39, 0.29) is 0 Å². The van der Waals surface area contributed by atoms with Crippen LogP contribution in [-0.2, 0) is 12.5 Å². The zero-order chi connectivity index (χ0) is 14.5. The first kappa shape index (κ1) is 15.4. The predicted molar refractivity (Wildman–Crippen MR) is 85.3 cm³/mol. The summed E-state index contributed by atoms with van der Waals surface area (Å²) in [5.41, 5.74) is 1.99. The van der Waals surface area contributed by atoms with Crippen LogP contribution in [0.1, 0.15) is 37.6 Å². The minimum Gasteiger partial charge on any atom is -0.486 e. The van der Waals surface area contributed by atoms with E-state index in [1.807, 2.05) is 35.1 Å². The Bertz CT molecular complexity index is 571. The van der Waals surface area contributed by atoms with Gasteiger partial charge in [0.2, 0.25) is 0 Å². The molecule has 0 saturated heterocycles. The molecule has 1 atom stereocenters. The van der Waals surface area contributed by atoms with Crippen LogP contribution in [0.3, 0.4) is 0 Å². The summed E-state index contributed by atoms with van der Waals surface area (Å²) in [7, 11) is 0. The maximum absolute atomic E-state index is 5.80. The number of hydrogen-bond donors (Lipinski definition) is 0. The van der Waals surface area contributed by atoms with Gasteiger partial charge in [-0.15, -0.1) is 11.6 Å². The number of hydrogen-bond acceptors (Lipinski definition) is 2. The average Bonchev–Trinajstić information content (AvgIpc) is 2.94. The minimum absolute atomic E-state index is 0.415. The van der Waals surface area contributed by atoms with Gasteiger partial charge in [0, 0.05) is 18.1 Å². The summed E-state index contributed by atoms with van der Waals surface area (Å²) < 4.78 is 8.67. The molecule has 0 aliphatic heterocycles. The third kappa shape index (κ3) is 3.76. The van der Waals surface area contributed by atoms with Gasteiger partial charge in [0.05, 0.1) is 10.2 Å². The van der Waals surface area contributed by atoms with Gasteiger partial charge in [0.15, 0.2) is 0 Å². The smallest absolute Gasteiger partial charge is 0.134 e. The van der Waals surface area contributed by atoms with Gasteiger partial charge in [-0.05, 0) is 53.0 Å². The van der Waals surface area contributed by atoms with Gasteiger partial charge in [-0.1, -0.05) is 13.0 Å². The van der Waals surface area contributed by atoms with Crippen LogP contribution in [0.5, 0.6) is 5.75 Å². The van der Waals surface area contributed by atoms with Crippen LogP contribution in [0.2, 0.25) is 0 Å². The number of ether oxygens (including phenoxy) is 1. The van der Waals surface area contributed by atoms with Crippen LogP contribution in [0.15, 0.2) is 34.9 Å². The van der Waals surface area contributed by atoms with Crippen molar-refractivity contribution in [1.82, 2.24) is 9.78 Å². The zero-order valence-corrected chi connectivity index (χ0v) is 14.0. The van der Waals surface area contributed by atoms with Gasteiger partial charge in [0.25, 0.3) is 0 Å². The van der Waals surface area contributed by atoms with E-state index in [0.717, 1.165) is 27.9 Å². The van der Waals surface area contributed by atoms with Gasteiger partial charge >= 0.3 is 0 Å². The SMILES string of the molecule is CCC(C)n1ccc(COc2ccc(CCl)cc2Br)n1. The molecule has 20 heavy (non-hydrogen) atoms. The maximum atomic E-state index is 5.80. The van der Waals surface area contributed by atoms with E-state index >= 15 is 0 Å². The van der Waals surface area contributed by atoms with Gasteiger partial charge in [0.1, 0.15) is 12.4 Å². The topological polar surface area (TPSA) is 27.1 Å². The predicted octanol–water partition coefficient (Wildman–Crippen LogP) is 4.93. The molecule has 0 fully saturated rings. The molecule has 0 saturated carbocycles. The fraction of sp³-hybridized carbons (Fsp3) is 0.400. The Kier molecular flexibility index (Phi) is 5.49. The van der Waals surface area contributed by atoms with Crippen molar-refractivity contribution in [3.63, 3.8) is 0 Å². The quantitative estimate of drug-likeness (QED) is 0.685. The fourth-order valence-electron chi connectivity index (χ4n) is 1.78. The highest BCUT2D eigenvalue weighted by molar-refractivity contribution is 9.10. The summed E-state index contributed by atoms with van der Waals surface area (Å²) in [6.45, 7) is 4.76. The largest absolute Gasteiger partial charge is 0.486 e. The summed E-state index contributed by atoms with van der Waals surface area (Å²) >= 11 is 9.29. The van der Waals surface area contributed by atoms with Crippen molar-refractivity contribution >= 4 is 27.5 Å². The first-order valence-electron chi connectivity index (χ1n) is 6.65. The summed E-state index contributed by atoms with van der Waals surface area (Å²) in [4.78, 5) is 0. The first-order valence-corrected chi connectivity index (χ1v) is 7.98. The minimum atomic E-state index is 0.415. The molecule has 2 aromatic rings. The van der Waals surface area contributed by atoms with Crippen LogP contribution >= 0.6 is 27.5 Å². The second kappa shape index (κ2) is 7.14. The van der Waals surface area contributed by atoms with Crippen molar-refractivity contribution in [2.45, 2.75) is 38.8 Å². The Morgan fingerprint density at radius 3 is 2.85 bits per heavy atom. The number of benzene rings is 1. The van der Waals surface area contributed by atoms with E-state index in [0.29, 0.717) is 18.5 Å². The van der Waals surface area contributed by atoms with Crippen LogP contribution in [-0.4, -0.2) is 9.78 Å². The van der Waals surface area contributed by atoms with Crippen molar-refractivity contribution in [2.75, 3.05) is 0 Å². The zero-order valence-electron chi connectivity index (χ0n) is 11.6. The Labute approximate surface area is 133 Å². The van der Waals surface area contributed by atoms with Gasteiger partial charge < -0.3 is 4.74 Å². The van der Waals surface area contributed by atoms with Crippen molar-refractivity contribution < 1.29 is 4.74 Å². The van der Waals surface area contributed by atoms with Crippen LogP contribution in [0.25, 0.3) is 0 Å². The summed E-state index contributed by atoms with van der Waals surface area (Å²) in [5, 5.41) is 4.51. The lowest BCUT2D eigenvalue weighted by molar-refractivity contribution is 0.296. The lowest BCUT2D eigenvalue weighted by Gasteiger charge is -2.09. The molecular weight excluding hydrogens is 340 g/mol. The van der Waals surface area contributed by atoms with E-state index < -0.39 is 0 Å². The van der Waals surface area contributed by atoms with Crippen LogP contribution < -0.4 is 4.74 Å². The maximum Gasteiger partial charge on any atom is 0.134 e. The Hall–Kier alpha value is -1.000. The fourth-order valence-corrected chi connectivity index (χ4v) is 2.49. The second-order valence-electron chi connectivity index (χ2n) is 4.73. The molecule has 0 aliphatic carbocycles. The third-order valence-corrected chi connectivity index (χ3v) is 4.16. The highest BCUT2D eigenvalue weighted by Crippen LogP contribution is 2.27. The lowest BCUT2D eigenvalue weighted by Crippen LogP contribution is -2.05. The number of halogens is 2. The Morgan fingerprint density at radius 2 is 2.20 bits per heavy atom. The van der Waals surface area contributed by atoms with Crippen molar-refractivity contribution in [1.29, 1.82) is 0 Å². The Balaban J connectivity index is 2.00. The molecule has 1 heterocycles. The Morgan fingerprint density at radius 1 is 1.40 bits per heavy atom. The standard InChI is InChI=1S/C15H18BrClN2O/c1-3-11(2)19-7-6-13(18-19)10-20-15-5-4-12(9-17)8-14(15)16/h4-8,11H,3,9-10H2,1-2H3. The van der Waals surface area contributed by atoms with E-state index in [2.05, 4.69) is 34.9 Å². The number of aromatic nitrogens is 2. The lowest BCUT2D eigenvalue weighted by atomic mass is 10.2. The molecule has 108 valence electrons. The summed E-state index contributed by atoms with van der Waals surface area (Å²) in [6, 6.07) is 8.27. The molecule has 0 amide bonds. The average molecular weight is 358 g/mol. The molecule has 0 spiro atoms. The second-order valence-corrected chi connectivity index (χ2v) is 5.85. The molecule has 1 aromatic carbocycles. The highest BCUT2D eigenvalue weighted by atomic mass is 79.9. The highest BCUT2D eigenvalue weighted by Gasteiger charge is 2.07. The molecule has 0 bridgehead atoms. The van der Waals surface area contributed by atoms with E-state index in [4.69, 9.17) is 16.3 Å². The normalized spacial score (nSPS) is 12.4. The molecule has 1 aromatic heterocycles. The summed E-state index contributed by atoms with van der Waals surface area (Å²) in [6.07, 6.45) is 3.06. The van der Waals surface area contributed by atoms with Crippen molar-refractivity contribution in [3.05, 3.63) is 46.2 Å². The molecule has 0 radical (unpaired) electrons. The molecule has 0 N–H and O–H groups in total. The first-order chi connectivity index (χ1) is 9.63. The number of alkyl halides is 1. The molecule has 2 rings (SSSR count). The van der Waals surface area contributed by atoms with Crippen LogP contribution in [0.4, 0.5) is 0 Å². The van der Waals surface area contributed by atoms with E-state index in [1.165, 1.54) is 0 Å². The van der Waals surface area contributed by atoms with Crippen molar-refractivity contribution in [2.24, 2.45) is 0 Å². The van der Waals surface area contributed by atoms with Crippen molar-refractivity contribution in [3.8, 4) is 5.75 Å². The van der Waals surface area contributed by atoms with Gasteiger partial charge in [-0.2, -0.15) is 5.10 Å². The van der Waals surface area contributed by atoms with E-state index in [1.54, 1.807) is 0 Å². The molecular formula is C15H18BrClN2O. The van der Waals surface area contributed by atoms with E-state index in [9.17, 15) is 0 Å². The molecule has 1 unspecified atom stereocenters. The molecule has 5 heteroatoms. The molecule has 3 nitrogen and oxygen atoms in total. The monoisotopic (exact) mass is 356 g/mol. The van der Waals surface area contributed by atoms with Crippen LogP contribution in [0, 0.1) is 0 Å². The number of nitrogens with zero attached hydrogens (tertiary/aromatic N) is 2. The van der Waals surface area contributed by atoms with Gasteiger partial charge in [-0.3, -0.25) is 4.68 Å². The summed E-state index contributed by atoms with van der Waals surface area (Å²) in [5.74, 6) is 1.30.